The van der Waals surface area contributed by atoms with Crippen LogP contribution in [0.15, 0.2) is 12.2 Å². The van der Waals surface area contributed by atoms with Crippen LogP contribution in [-0.2, 0) is 9.53 Å². The highest BCUT2D eigenvalue weighted by Crippen LogP contribution is 2.67. The molecular formula is C23H23F15O2. The maximum Gasteiger partial charge on any atom is 0.422 e. The van der Waals surface area contributed by atoms with E-state index in [4.69, 9.17) is 0 Å². The second kappa shape index (κ2) is 9.33. The van der Waals surface area contributed by atoms with Gasteiger partial charge in [-0.2, -0.15) is 57.1 Å². The van der Waals surface area contributed by atoms with Gasteiger partial charge in [-0.05, 0) is 63.2 Å². The summed E-state index contributed by atoms with van der Waals surface area (Å²) in [6.45, 7) is 2.86. The molecule has 0 radical (unpaired) electrons. The van der Waals surface area contributed by atoms with E-state index in [0.29, 0.717) is 26.2 Å². The molecule has 40 heavy (non-hydrogen) atoms. The molecule has 0 saturated heterocycles. The van der Waals surface area contributed by atoms with E-state index in [1.165, 1.54) is 0 Å². The fourth-order valence-corrected chi connectivity index (χ4v) is 6.78. The van der Waals surface area contributed by atoms with Crippen molar-refractivity contribution in [2.75, 3.05) is 0 Å². The average molecular weight is 616 g/mol. The highest BCUT2D eigenvalue weighted by atomic mass is 19.4. The molecule has 2 nitrogen and oxygen atoms in total. The van der Waals surface area contributed by atoms with E-state index in [-0.39, 0.29) is 37.0 Å². The first-order valence-electron chi connectivity index (χ1n) is 11.8. The third kappa shape index (κ3) is 4.74. The van der Waals surface area contributed by atoms with Crippen LogP contribution in [0.5, 0.6) is 0 Å². The lowest BCUT2D eigenvalue weighted by molar-refractivity contribution is -0.416. The maximum absolute atomic E-state index is 15.1. The van der Waals surface area contributed by atoms with Crippen molar-refractivity contribution in [1.29, 1.82) is 0 Å². The van der Waals surface area contributed by atoms with Crippen molar-refractivity contribution in [2.24, 2.45) is 23.2 Å². The Balaban J connectivity index is 2.09. The van der Waals surface area contributed by atoms with Crippen molar-refractivity contribution < 1.29 is 75.4 Å². The zero-order valence-corrected chi connectivity index (χ0v) is 20.5. The van der Waals surface area contributed by atoms with Crippen molar-refractivity contribution >= 4 is 5.97 Å². The van der Waals surface area contributed by atoms with E-state index >= 15 is 8.78 Å². The highest BCUT2D eigenvalue weighted by molar-refractivity contribution is 5.89. The molecule has 1 atom stereocenters. The summed E-state index contributed by atoms with van der Waals surface area (Å²) in [6, 6.07) is 0. The van der Waals surface area contributed by atoms with E-state index in [0.717, 1.165) is 0 Å². The molecule has 4 bridgehead atoms. The van der Waals surface area contributed by atoms with Gasteiger partial charge >= 0.3 is 48.2 Å². The zero-order chi connectivity index (χ0) is 31.1. The molecule has 0 aliphatic heterocycles. The van der Waals surface area contributed by atoms with Gasteiger partial charge in [0.05, 0.1) is 6.42 Å². The zero-order valence-electron chi connectivity index (χ0n) is 20.5. The minimum absolute atomic E-state index is 0.195. The summed E-state index contributed by atoms with van der Waals surface area (Å²) in [7, 11) is 0. The van der Waals surface area contributed by atoms with Crippen LogP contribution in [0.25, 0.3) is 0 Å². The molecule has 0 N–H and O–H groups in total. The Morgan fingerprint density at radius 1 is 0.775 bits per heavy atom. The molecular weight excluding hydrogens is 593 g/mol. The van der Waals surface area contributed by atoms with Crippen LogP contribution in [0.3, 0.4) is 0 Å². The van der Waals surface area contributed by atoms with Crippen LogP contribution in [0.4, 0.5) is 65.9 Å². The molecule has 4 rings (SSSR count). The molecule has 0 aromatic rings. The van der Waals surface area contributed by atoms with Crippen LogP contribution in [-0.4, -0.2) is 53.8 Å². The molecule has 4 aliphatic carbocycles. The first-order valence-corrected chi connectivity index (χ1v) is 11.8. The Bertz CT molecular complexity index is 981. The molecule has 232 valence electrons. The van der Waals surface area contributed by atoms with Crippen LogP contribution in [0.2, 0.25) is 0 Å². The smallest absolute Gasteiger partial charge is 0.422 e. The van der Waals surface area contributed by atoms with Gasteiger partial charge in [-0.25, -0.2) is 13.6 Å². The second-order valence-corrected chi connectivity index (χ2v) is 11.3. The van der Waals surface area contributed by atoms with Gasteiger partial charge in [-0.3, -0.25) is 0 Å². The van der Waals surface area contributed by atoms with Gasteiger partial charge in [0.1, 0.15) is 11.2 Å². The van der Waals surface area contributed by atoms with E-state index in [2.05, 4.69) is 11.3 Å². The van der Waals surface area contributed by atoms with Crippen molar-refractivity contribution in [3.05, 3.63) is 12.2 Å². The lowest BCUT2D eigenvalue weighted by Gasteiger charge is -2.62. The van der Waals surface area contributed by atoms with Crippen molar-refractivity contribution in [3.63, 3.8) is 0 Å². The summed E-state index contributed by atoms with van der Waals surface area (Å²) in [4.78, 5) is 12.3. The Morgan fingerprint density at radius 2 is 1.18 bits per heavy atom. The van der Waals surface area contributed by atoms with E-state index in [9.17, 15) is 61.9 Å². The van der Waals surface area contributed by atoms with Gasteiger partial charge in [0.15, 0.2) is 0 Å². The second-order valence-electron chi connectivity index (χ2n) is 11.3. The molecule has 0 heterocycles. The average Bonchev–Trinajstić information content (AvgIpc) is 2.75. The predicted molar refractivity (Wildman–Crippen MR) is 106 cm³/mol. The molecule has 0 aromatic carbocycles. The van der Waals surface area contributed by atoms with Crippen LogP contribution in [0.1, 0.15) is 51.9 Å². The van der Waals surface area contributed by atoms with Crippen molar-refractivity contribution in [1.82, 2.24) is 0 Å². The Kier molecular flexibility index (Phi) is 7.62. The summed E-state index contributed by atoms with van der Waals surface area (Å²) in [5, 5.41) is 0. The minimum atomic E-state index is -7.81. The van der Waals surface area contributed by atoms with Crippen molar-refractivity contribution in [2.45, 2.75) is 99.7 Å². The predicted octanol–water partition coefficient (Wildman–Crippen LogP) is 8.45. The van der Waals surface area contributed by atoms with Gasteiger partial charge < -0.3 is 4.74 Å². The summed E-state index contributed by atoms with van der Waals surface area (Å²) in [5.41, 5.74) is -7.27. The van der Waals surface area contributed by atoms with E-state index < -0.39 is 71.2 Å². The number of carbonyl (C=O) groups excluding carboxylic acids is 1. The summed E-state index contributed by atoms with van der Waals surface area (Å²) in [5.74, 6) is -40.1. The number of rotatable bonds is 10. The summed E-state index contributed by atoms with van der Waals surface area (Å²) >= 11 is 0. The van der Waals surface area contributed by atoms with Gasteiger partial charge in [0.2, 0.25) is 0 Å². The summed E-state index contributed by atoms with van der Waals surface area (Å²) in [6.07, 6.45) is -13.1. The van der Waals surface area contributed by atoms with Gasteiger partial charge in [0, 0.05) is 5.41 Å². The first kappa shape index (κ1) is 32.7. The SMILES string of the molecule is C=C(C(=O)OC(C)(CC(F)(F)C(F)(F)C(F)(F)C(F)(F)C(F)(F)C(F)F)C12CC3CC(CC(C3)C1)C2)C(F)(F)F. The van der Waals surface area contributed by atoms with Gasteiger partial charge in [-0.1, -0.05) is 6.58 Å². The number of hydrogen-bond acceptors (Lipinski definition) is 2. The summed E-state index contributed by atoms with van der Waals surface area (Å²) < 4.78 is 210. The Labute approximate surface area is 217 Å². The molecule has 4 aliphatic rings. The van der Waals surface area contributed by atoms with Crippen LogP contribution >= 0.6 is 0 Å². The largest absolute Gasteiger partial charge is 0.455 e. The third-order valence-corrected chi connectivity index (χ3v) is 8.57. The van der Waals surface area contributed by atoms with E-state index in [1.54, 1.807) is 0 Å². The number of alkyl halides is 15. The molecule has 0 amide bonds. The fourth-order valence-electron chi connectivity index (χ4n) is 6.78. The van der Waals surface area contributed by atoms with Crippen molar-refractivity contribution in [3.8, 4) is 0 Å². The minimum Gasteiger partial charge on any atom is -0.455 e. The monoisotopic (exact) mass is 616 g/mol. The quantitative estimate of drug-likeness (QED) is 0.140. The highest BCUT2D eigenvalue weighted by Gasteiger charge is 2.88. The lowest BCUT2D eigenvalue weighted by Crippen LogP contribution is -2.70. The van der Waals surface area contributed by atoms with Crippen LogP contribution < -0.4 is 0 Å². The first-order chi connectivity index (χ1) is 17.7. The molecule has 0 spiro atoms. The third-order valence-electron chi connectivity index (χ3n) is 8.57. The number of esters is 1. The number of carbonyl (C=O) groups is 1. The topological polar surface area (TPSA) is 26.3 Å². The molecule has 17 heteroatoms. The Hall–Kier alpha value is -1.84. The van der Waals surface area contributed by atoms with E-state index in [1.807, 2.05) is 0 Å². The molecule has 0 aromatic heterocycles. The maximum atomic E-state index is 15.1. The van der Waals surface area contributed by atoms with Gasteiger partial charge in [-0.15, -0.1) is 0 Å². The number of halogens is 15. The molecule has 4 saturated carbocycles. The number of hydrogen-bond donors (Lipinski definition) is 0. The van der Waals surface area contributed by atoms with Gasteiger partial charge in [0.25, 0.3) is 0 Å². The number of ether oxygens (including phenoxy) is 1. The molecule has 1 unspecified atom stereocenters. The molecule has 4 fully saturated rings. The lowest BCUT2D eigenvalue weighted by atomic mass is 9.45. The van der Waals surface area contributed by atoms with Crippen LogP contribution in [0, 0.1) is 23.2 Å². The Morgan fingerprint density at radius 3 is 1.52 bits per heavy atom. The normalized spacial score (nSPS) is 29.5. The fraction of sp³-hybridized carbons (Fsp3) is 0.870. The standard InChI is InChI=1S/C23H23F15O2/c1-10(20(30,31)32)14(39)40-16(2,17-6-11-3-12(7-17)5-13(4-11)8-17)9-18(26,27)21(33,34)23(37,38)22(35,36)19(28,29)15(24)25/h11-13,15H,1,3-9H2,2H3.